The van der Waals surface area contributed by atoms with Crippen molar-refractivity contribution in [2.75, 3.05) is 18.5 Å². The Kier molecular flexibility index (Phi) is 6.42. The highest BCUT2D eigenvalue weighted by molar-refractivity contribution is 5.93. The van der Waals surface area contributed by atoms with Crippen LogP contribution in [0.1, 0.15) is 21.9 Å². The first-order valence-corrected chi connectivity index (χ1v) is 11.4. The molecule has 0 radical (unpaired) electrons. The molecular weight excluding hydrogens is 461 g/mol. The maximum absolute atomic E-state index is 14.1. The lowest BCUT2D eigenvalue weighted by Crippen LogP contribution is -2.27. The molecule has 3 N–H and O–H groups in total. The monoisotopic (exact) mass is 485 g/mol. The van der Waals surface area contributed by atoms with E-state index in [1.165, 1.54) is 12.3 Å². The molecule has 1 aromatic carbocycles. The quantitative estimate of drug-likeness (QED) is 0.311. The van der Waals surface area contributed by atoms with E-state index in [0.29, 0.717) is 40.8 Å². The van der Waals surface area contributed by atoms with Crippen LogP contribution >= 0.6 is 0 Å². The van der Waals surface area contributed by atoms with E-state index in [4.69, 9.17) is 10.1 Å². The molecule has 4 heterocycles. The fraction of sp³-hybridized carbons (Fsp3) is 0.154. The van der Waals surface area contributed by atoms with Crippen molar-refractivity contribution in [2.45, 2.75) is 13.5 Å². The van der Waals surface area contributed by atoms with Crippen LogP contribution in [0.2, 0.25) is 0 Å². The minimum Gasteiger partial charge on any atom is -0.395 e. The van der Waals surface area contributed by atoms with Crippen molar-refractivity contribution in [2.24, 2.45) is 0 Å². The lowest BCUT2D eigenvalue weighted by molar-refractivity contribution is 0.0939. The Bertz CT molecular complexity index is 1540. The van der Waals surface area contributed by atoms with Crippen molar-refractivity contribution in [3.8, 4) is 17.2 Å². The molecule has 0 aliphatic carbocycles. The Morgan fingerprint density at radius 3 is 2.72 bits per heavy atom. The first-order chi connectivity index (χ1) is 17.5. The molecule has 182 valence electrons. The number of aromatic nitrogens is 5. The normalized spacial score (nSPS) is 11.1. The average molecular weight is 486 g/mol. The first-order valence-electron chi connectivity index (χ1n) is 11.4. The number of hydrogen-bond acceptors (Lipinski definition) is 6. The molecule has 0 aliphatic rings. The van der Waals surface area contributed by atoms with E-state index in [2.05, 4.69) is 20.6 Å². The molecule has 5 rings (SSSR count). The number of imidazole rings is 2. The Balaban J connectivity index is 1.55. The van der Waals surface area contributed by atoms with Crippen LogP contribution < -0.4 is 10.6 Å². The Labute approximate surface area is 206 Å². The Morgan fingerprint density at radius 1 is 1.06 bits per heavy atom. The van der Waals surface area contributed by atoms with Crippen molar-refractivity contribution in [3.63, 3.8) is 0 Å². The van der Waals surface area contributed by atoms with Crippen molar-refractivity contribution < 1.29 is 14.3 Å². The molecule has 0 saturated heterocycles. The van der Waals surface area contributed by atoms with Crippen LogP contribution in [0.3, 0.4) is 0 Å². The molecule has 9 nitrogen and oxygen atoms in total. The van der Waals surface area contributed by atoms with E-state index in [-0.39, 0.29) is 24.9 Å². The van der Waals surface area contributed by atoms with Crippen LogP contribution in [0, 0.1) is 12.7 Å². The number of nitrogens with one attached hydrogen (secondary N) is 2. The van der Waals surface area contributed by atoms with Gasteiger partial charge >= 0.3 is 0 Å². The van der Waals surface area contributed by atoms with Crippen LogP contribution in [0.15, 0.2) is 73.2 Å². The Hall–Kier alpha value is -4.57. The van der Waals surface area contributed by atoms with Gasteiger partial charge < -0.3 is 15.7 Å². The van der Waals surface area contributed by atoms with Gasteiger partial charge in [0.1, 0.15) is 22.9 Å². The second kappa shape index (κ2) is 9.96. The largest absolute Gasteiger partial charge is 0.395 e. The van der Waals surface area contributed by atoms with E-state index in [1.54, 1.807) is 28.8 Å². The third-order valence-electron chi connectivity index (χ3n) is 5.61. The van der Waals surface area contributed by atoms with Crippen LogP contribution in [0.25, 0.3) is 22.9 Å². The van der Waals surface area contributed by atoms with Crippen molar-refractivity contribution >= 4 is 17.2 Å². The van der Waals surface area contributed by atoms with Gasteiger partial charge in [0.2, 0.25) is 0 Å². The number of benzene rings is 1. The van der Waals surface area contributed by atoms with E-state index < -0.39 is 0 Å². The molecule has 0 fully saturated rings. The zero-order chi connectivity index (χ0) is 25.1. The SMILES string of the molecule is Cc1cccc(-c2nc(CNc3ccccc3F)cn2-c2ccc3ncc(C(=O)NCCO)n3c2)n1. The number of carbonyl (C=O) groups excluding carboxylic acids is 1. The summed E-state index contributed by atoms with van der Waals surface area (Å²) in [6.07, 6.45) is 5.15. The molecule has 4 aromatic heterocycles. The predicted octanol–water partition coefficient (Wildman–Crippen LogP) is 3.36. The number of rotatable bonds is 8. The summed E-state index contributed by atoms with van der Waals surface area (Å²) in [6.45, 7) is 2.20. The highest BCUT2D eigenvalue weighted by atomic mass is 19.1. The molecular formula is C26H24FN7O2. The topological polar surface area (TPSA) is 109 Å². The summed E-state index contributed by atoms with van der Waals surface area (Å²) in [5.74, 6) is -0.0699. The third kappa shape index (κ3) is 4.66. The summed E-state index contributed by atoms with van der Waals surface area (Å²) in [5, 5.41) is 14.8. The lowest BCUT2D eigenvalue weighted by Gasteiger charge is -2.10. The van der Waals surface area contributed by atoms with E-state index in [9.17, 15) is 9.18 Å². The molecule has 0 unspecified atom stereocenters. The van der Waals surface area contributed by atoms with Crippen LogP contribution in [-0.4, -0.2) is 48.1 Å². The zero-order valence-electron chi connectivity index (χ0n) is 19.5. The van der Waals surface area contributed by atoms with Gasteiger partial charge in [-0.15, -0.1) is 0 Å². The van der Waals surface area contributed by atoms with Gasteiger partial charge in [-0.3, -0.25) is 13.8 Å². The number of para-hydroxylation sites is 1. The number of amides is 1. The average Bonchev–Trinajstić information content (AvgIpc) is 3.51. The van der Waals surface area contributed by atoms with Gasteiger partial charge in [0.25, 0.3) is 5.91 Å². The number of aliphatic hydroxyl groups is 1. The third-order valence-corrected chi connectivity index (χ3v) is 5.61. The second-order valence-corrected chi connectivity index (χ2v) is 8.16. The molecule has 0 spiro atoms. The molecule has 0 atom stereocenters. The van der Waals surface area contributed by atoms with Gasteiger partial charge in [-0.1, -0.05) is 18.2 Å². The number of anilines is 1. The zero-order valence-corrected chi connectivity index (χ0v) is 19.5. The number of pyridine rings is 2. The maximum atomic E-state index is 14.1. The van der Waals surface area contributed by atoms with Gasteiger partial charge in [0.05, 0.1) is 36.4 Å². The summed E-state index contributed by atoms with van der Waals surface area (Å²) < 4.78 is 17.7. The number of halogens is 1. The summed E-state index contributed by atoms with van der Waals surface area (Å²) >= 11 is 0. The molecule has 10 heteroatoms. The van der Waals surface area contributed by atoms with Crippen molar-refractivity contribution in [1.29, 1.82) is 0 Å². The van der Waals surface area contributed by atoms with Gasteiger partial charge in [0, 0.05) is 24.6 Å². The first kappa shape index (κ1) is 23.2. The van der Waals surface area contributed by atoms with E-state index >= 15 is 0 Å². The Morgan fingerprint density at radius 2 is 1.92 bits per heavy atom. The summed E-state index contributed by atoms with van der Waals surface area (Å²) in [7, 11) is 0. The predicted molar refractivity (Wildman–Crippen MR) is 133 cm³/mol. The minimum absolute atomic E-state index is 0.148. The molecule has 5 aromatic rings. The molecule has 36 heavy (non-hydrogen) atoms. The summed E-state index contributed by atoms with van der Waals surface area (Å²) in [5.41, 5.74) is 4.28. The number of aryl methyl sites for hydroxylation is 1. The number of nitrogens with zero attached hydrogens (tertiary/aromatic N) is 5. The lowest BCUT2D eigenvalue weighted by atomic mass is 10.3. The standard InChI is InChI=1S/C26H24FN7O2/c1-17-5-4-8-22(31-17)25-32-18(13-29-21-7-3-2-6-20(21)27)15-33(25)19-9-10-24-30-14-23(34(24)16-19)26(36)28-11-12-35/h2-10,14-16,29,35H,11-13H2,1H3,(H,28,36). The summed E-state index contributed by atoms with van der Waals surface area (Å²) in [4.78, 5) is 26.3. The van der Waals surface area contributed by atoms with Gasteiger partial charge in [-0.05, 0) is 43.3 Å². The summed E-state index contributed by atoms with van der Waals surface area (Å²) in [6, 6.07) is 15.9. The minimum atomic E-state index is -0.338. The fourth-order valence-electron chi connectivity index (χ4n) is 3.89. The van der Waals surface area contributed by atoms with E-state index in [0.717, 1.165) is 11.4 Å². The van der Waals surface area contributed by atoms with Crippen LogP contribution in [0.5, 0.6) is 0 Å². The van der Waals surface area contributed by atoms with Gasteiger partial charge in [-0.25, -0.2) is 19.3 Å². The number of carbonyl (C=O) groups is 1. The van der Waals surface area contributed by atoms with E-state index in [1.807, 2.05) is 48.0 Å². The molecule has 0 saturated carbocycles. The number of aliphatic hydroxyl groups excluding tert-OH is 1. The highest BCUT2D eigenvalue weighted by Crippen LogP contribution is 2.24. The van der Waals surface area contributed by atoms with Crippen molar-refractivity contribution in [1.82, 2.24) is 29.2 Å². The maximum Gasteiger partial charge on any atom is 0.270 e. The van der Waals surface area contributed by atoms with Crippen LogP contribution in [-0.2, 0) is 6.54 Å². The molecule has 0 aliphatic heterocycles. The molecule has 1 amide bonds. The van der Waals surface area contributed by atoms with Crippen LogP contribution in [0.4, 0.5) is 10.1 Å². The number of hydrogen-bond donors (Lipinski definition) is 3. The van der Waals surface area contributed by atoms with Gasteiger partial charge in [-0.2, -0.15) is 0 Å². The highest BCUT2D eigenvalue weighted by Gasteiger charge is 2.17. The molecule has 0 bridgehead atoms. The smallest absolute Gasteiger partial charge is 0.270 e. The van der Waals surface area contributed by atoms with Crippen molar-refractivity contribution in [3.05, 3.63) is 96.1 Å². The fourth-order valence-corrected chi connectivity index (χ4v) is 3.89. The van der Waals surface area contributed by atoms with Gasteiger partial charge in [0.15, 0.2) is 5.82 Å². The second-order valence-electron chi connectivity index (χ2n) is 8.16. The number of fused-ring (bicyclic) bond motifs is 1.